The van der Waals surface area contributed by atoms with Gasteiger partial charge in [0.25, 0.3) is 0 Å². The zero-order valence-corrected chi connectivity index (χ0v) is 9.44. The Morgan fingerprint density at radius 1 is 1.08 bits per heavy atom. The molecule has 1 nitrogen and oxygen atoms in total. The predicted molar refractivity (Wildman–Crippen MR) is 56.9 cm³/mol. The van der Waals surface area contributed by atoms with Crippen molar-refractivity contribution in [3.05, 3.63) is 0 Å². The van der Waals surface area contributed by atoms with Crippen LogP contribution in [-0.2, 0) is 4.74 Å². The topological polar surface area (TPSA) is 9.23 Å². The van der Waals surface area contributed by atoms with Crippen molar-refractivity contribution in [3.8, 4) is 0 Å². The van der Waals surface area contributed by atoms with E-state index in [0.717, 1.165) is 12.5 Å². The van der Waals surface area contributed by atoms with Crippen LogP contribution in [0, 0.1) is 5.92 Å². The first-order chi connectivity index (χ1) is 6.08. The van der Waals surface area contributed by atoms with Crippen LogP contribution in [0.5, 0.6) is 0 Å². The van der Waals surface area contributed by atoms with Gasteiger partial charge >= 0.3 is 0 Å². The smallest absolute Gasteiger partial charge is 0.0598 e. The average Bonchev–Trinajstić information content (AvgIpc) is 2.04. The van der Waals surface area contributed by atoms with Crippen molar-refractivity contribution in [2.24, 2.45) is 5.92 Å². The molecule has 1 aliphatic rings. The van der Waals surface area contributed by atoms with E-state index in [4.69, 9.17) is 4.74 Å². The van der Waals surface area contributed by atoms with Crippen LogP contribution in [0.3, 0.4) is 0 Å². The molecular weight excluding hydrogens is 160 g/mol. The molecule has 1 fully saturated rings. The highest BCUT2D eigenvalue weighted by Crippen LogP contribution is 2.26. The third-order valence-corrected chi connectivity index (χ3v) is 2.79. The van der Waals surface area contributed by atoms with Crippen molar-refractivity contribution in [3.63, 3.8) is 0 Å². The summed E-state index contributed by atoms with van der Waals surface area (Å²) < 4.78 is 5.73. The van der Waals surface area contributed by atoms with E-state index in [0.29, 0.717) is 0 Å². The van der Waals surface area contributed by atoms with Gasteiger partial charge in [-0.15, -0.1) is 0 Å². The highest BCUT2D eigenvalue weighted by molar-refractivity contribution is 4.66. The molecule has 0 N–H and O–H groups in total. The lowest BCUT2D eigenvalue weighted by atomic mass is 9.87. The van der Waals surface area contributed by atoms with Gasteiger partial charge < -0.3 is 4.74 Å². The molecule has 0 aliphatic heterocycles. The Morgan fingerprint density at radius 3 is 2.23 bits per heavy atom. The summed E-state index contributed by atoms with van der Waals surface area (Å²) >= 11 is 0. The van der Waals surface area contributed by atoms with E-state index in [1.807, 2.05) is 0 Å². The highest BCUT2D eigenvalue weighted by atomic mass is 16.5. The second-order valence-electron chi connectivity index (χ2n) is 5.25. The van der Waals surface area contributed by atoms with Gasteiger partial charge in [0, 0.05) is 6.61 Å². The standard InChI is InChI=1S/C12H24O/c1-12(2,3)13-10-9-11-7-5-4-6-8-11/h11H,4-10H2,1-3H3. The molecule has 0 atom stereocenters. The molecule has 0 spiro atoms. The van der Waals surface area contributed by atoms with Crippen LogP contribution in [-0.4, -0.2) is 12.2 Å². The molecule has 0 amide bonds. The Bertz CT molecular complexity index is 129. The molecule has 0 saturated heterocycles. The first-order valence-electron chi connectivity index (χ1n) is 5.72. The van der Waals surface area contributed by atoms with Gasteiger partial charge in [-0.1, -0.05) is 32.1 Å². The second-order valence-corrected chi connectivity index (χ2v) is 5.25. The minimum atomic E-state index is 0.0503. The lowest BCUT2D eigenvalue weighted by Gasteiger charge is -2.24. The maximum atomic E-state index is 5.73. The molecule has 13 heavy (non-hydrogen) atoms. The van der Waals surface area contributed by atoms with E-state index in [9.17, 15) is 0 Å². The summed E-state index contributed by atoms with van der Waals surface area (Å²) in [6.07, 6.45) is 8.50. The molecule has 0 aromatic carbocycles. The summed E-state index contributed by atoms with van der Waals surface area (Å²) in [6, 6.07) is 0. The van der Waals surface area contributed by atoms with Crippen LogP contribution >= 0.6 is 0 Å². The van der Waals surface area contributed by atoms with Crippen LogP contribution in [0.2, 0.25) is 0 Å². The normalized spacial score (nSPS) is 20.5. The maximum Gasteiger partial charge on any atom is 0.0598 e. The second kappa shape index (κ2) is 4.99. The predicted octanol–water partition coefficient (Wildman–Crippen LogP) is 3.77. The van der Waals surface area contributed by atoms with Gasteiger partial charge in [-0.25, -0.2) is 0 Å². The van der Waals surface area contributed by atoms with Gasteiger partial charge in [-0.2, -0.15) is 0 Å². The van der Waals surface area contributed by atoms with Crippen molar-refractivity contribution >= 4 is 0 Å². The molecule has 1 aliphatic carbocycles. The van der Waals surface area contributed by atoms with Crippen molar-refractivity contribution in [2.75, 3.05) is 6.61 Å². The summed E-state index contributed by atoms with van der Waals surface area (Å²) in [4.78, 5) is 0. The Balaban J connectivity index is 2.04. The van der Waals surface area contributed by atoms with Gasteiger partial charge in [0.05, 0.1) is 5.60 Å². The lowest BCUT2D eigenvalue weighted by molar-refractivity contribution is -0.0109. The summed E-state index contributed by atoms with van der Waals surface area (Å²) in [7, 11) is 0. The Kier molecular flexibility index (Phi) is 4.24. The molecule has 0 radical (unpaired) electrons. The largest absolute Gasteiger partial charge is 0.376 e. The molecule has 0 aromatic rings. The molecule has 0 unspecified atom stereocenters. The lowest BCUT2D eigenvalue weighted by Crippen LogP contribution is -2.21. The van der Waals surface area contributed by atoms with Gasteiger partial charge in [-0.05, 0) is 33.1 Å². The van der Waals surface area contributed by atoms with Gasteiger partial charge in [0.2, 0.25) is 0 Å². The summed E-state index contributed by atoms with van der Waals surface area (Å²) in [5.74, 6) is 0.955. The molecular formula is C12H24O. The zero-order valence-electron chi connectivity index (χ0n) is 9.44. The van der Waals surface area contributed by atoms with E-state index in [1.165, 1.54) is 38.5 Å². The number of hydrogen-bond donors (Lipinski definition) is 0. The highest BCUT2D eigenvalue weighted by Gasteiger charge is 2.15. The van der Waals surface area contributed by atoms with Gasteiger partial charge in [0.1, 0.15) is 0 Å². The van der Waals surface area contributed by atoms with E-state index < -0.39 is 0 Å². The third-order valence-electron chi connectivity index (χ3n) is 2.79. The SMILES string of the molecule is CC(C)(C)OCCC1CCCCC1. The number of hydrogen-bond acceptors (Lipinski definition) is 1. The van der Waals surface area contributed by atoms with Crippen LogP contribution in [0.1, 0.15) is 59.3 Å². The van der Waals surface area contributed by atoms with Crippen LogP contribution in [0.25, 0.3) is 0 Å². The van der Waals surface area contributed by atoms with Crippen LogP contribution in [0.15, 0.2) is 0 Å². The summed E-state index contributed by atoms with van der Waals surface area (Å²) in [5.41, 5.74) is 0.0503. The quantitative estimate of drug-likeness (QED) is 0.648. The fourth-order valence-electron chi connectivity index (χ4n) is 2.01. The maximum absolute atomic E-state index is 5.73. The zero-order chi connectivity index (χ0) is 9.73. The molecule has 1 saturated carbocycles. The van der Waals surface area contributed by atoms with Crippen molar-refractivity contribution in [1.29, 1.82) is 0 Å². The first kappa shape index (κ1) is 11.0. The number of ether oxygens (including phenoxy) is 1. The Hall–Kier alpha value is -0.0400. The summed E-state index contributed by atoms with van der Waals surface area (Å²) in [5, 5.41) is 0. The fraction of sp³-hybridized carbons (Fsp3) is 1.00. The van der Waals surface area contributed by atoms with Crippen molar-refractivity contribution in [2.45, 2.75) is 64.9 Å². The molecule has 0 aromatic heterocycles. The molecule has 0 heterocycles. The molecule has 0 bridgehead atoms. The molecule has 1 heteroatoms. The third kappa shape index (κ3) is 5.30. The Morgan fingerprint density at radius 2 is 1.69 bits per heavy atom. The van der Waals surface area contributed by atoms with Crippen molar-refractivity contribution in [1.82, 2.24) is 0 Å². The van der Waals surface area contributed by atoms with Crippen LogP contribution < -0.4 is 0 Å². The van der Waals surface area contributed by atoms with E-state index in [-0.39, 0.29) is 5.60 Å². The minimum absolute atomic E-state index is 0.0503. The summed E-state index contributed by atoms with van der Waals surface area (Å²) in [6.45, 7) is 7.35. The van der Waals surface area contributed by atoms with Gasteiger partial charge in [0.15, 0.2) is 0 Å². The fourth-order valence-corrected chi connectivity index (χ4v) is 2.01. The van der Waals surface area contributed by atoms with E-state index >= 15 is 0 Å². The van der Waals surface area contributed by atoms with Crippen molar-refractivity contribution < 1.29 is 4.74 Å². The molecule has 1 rings (SSSR count). The number of rotatable bonds is 3. The Labute approximate surface area is 82.9 Å². The monoisotopic (exact) mass is 184 g/mol. The van der Waals surface area contributed by atoms with E-state index in [2.05, 4.69) is 20.8 Å². The van der Waals surface area contributed by atoms with Gasteiger partial charge in [-0.3, -0.25) is 0 Å². The minimum Gasteiger partial charge on any atom is -0.376 e. The average molecular weight is 184 g/mol. The van der Waals surface area contributed by atoms with Crippen LogP contribution in [0.4, 0.5) is 0 Å². The first-order valence-corrected chi connectivity index (χ1v) is 5.72. The molecule has 78 valence electrons. The van der Waals surface area contributed by atoms with E-state index in [1.54, 1.807) is 0 Å².